The fourth-order valence-corrected chi connectivity index (χ4v) is 3.60. The second-order valence-electron chi connectivity index (χ2n) is 6.61. The number of anilines is 1. The fourth-order valence-electron chi connectivity index (χ4n) is 2.56. The van der Waals surface area contributed by atoms with Crippen LogP contribution in [0, 0.1) is 6.92 Å². The van der Waals surface area contributed by atoms with Gasteiger partial charge in [-0.1, -0.05) is 18.2 Å². The summed E-state index contributed by atoms with van der Waals surface area (Å²) in [5.41, 5.74) is 3.07. The number of aryl methyl sites for hydroxylation is 1. The molecule has 0 unspecified atom stereocenters. The number of amides is 1. The van der Waals surface area contributed by atoms with E-state index in [0.717, 1.165) is 11.3 Å². The van der Waals surface area contributed by atoms with Gasteiger partial charge < -0.3 is 15.0 Å². The number of carbonyl (C=O) groups is 1. The zero-order chi connectivity index (χ0) is 20.7. The highest BCUT2D eigenvalue weighted by Gasteiger charge is 2.17. The number of rotatable bonds is 9. The first-order valence-corrected chi connectivity index (χ1v) is 10.4. The predicted octanol–water partition coefficient (Wildman–Crippen LogP) is 1.92. The molecule has 2 N–H and O–H groups in total. The van der Waals surface area contributed by atoms with Crippen LogP contribution in [0.4, 0.5) is 5.69 Å². The first-order chi connectivity index (χ1) is 13.2. The molecule has 0 aromatic heterocycles. The topological polar surface area (TPSA) is 87.7 Å². The number of ether oxygens (including phenoxy) is 1. The van der Waals surface area contributed by atoms with E-state index in [1.54, 1.807) is 13.0 Å². The van der Waals surface area contributed by atoms with Gasteiger partial charge in [-0.15, -0.1) is 0 Å². The van der Waals surface area contributed by atoms with Gasteiger partial charge in [-0.05, 0) is 42.3 Å². The molecule has 0 atom stereocenters. The Hall–Kier alpha value is -2.42. The summed E-state index contributed by atoms with van der Waals surface area (Å²) in [5.74, 6) is -0.317. The molecular formula is C20H27N3O4S. The molecule has 0 aliphatic heterocycles. The molecule has 7 nitrogen and oxygen atoms in total. The summed E-state index contributed by atoms with van der Waals surface area (Å²) in [5, 5.41) is 2.85. The van der Waals surface area contributed by atoms with Gasteiger partial charge >= 0.3 is 0 Å². The molecule has 0 radical (unpaired) electrons. The fraction of sp³-hybridized carbons (Fsp3) is 0.350. The van der Waals surface area contributed by atoms with E-state index >= 15 is 0 Å². The standard InChI is InChI=1S/C20H27N3O4S/c1-15-5-10-18(28(25,26)22-11-12-27-4)13-19(15)20(24)21-14-16-6-8-17(9-7-16)23(2)3/h5-10,13,22H,11-12,14H2,1-4H3,(H,21,24). The SMILES string of the molecule is COCCNS(=O)(=O)c1ccc(C)c(C(=O)NCc2ccc(N(C)C)cc2)c1. The van der Waals surface area contributed by atoms with Crippen LogP contribution in [0.25, 0.3) is 0 Å². The van der Waals surface area contributed by atoms with Crippen molar-refractivity contribution in [2.45, 2.75) is 18.4 Å². The quantitative estimate of drug-likeness (QED) is 0.623. The highest BCUT2D eigenvalue weighted by atomic mass is 32.2. The first-order valence-electron chi connectivity index (χ1n) is 8.88. The molecule has 1 amide bonds. The second kappa shape index (κ2) is 9.68. The summed E-state index contributed by atoms with van der Waals surface area (Å²) in [6.45, 7) is 2.56. The Morgan fingerprint density at radius 1 is 1.11 bits per heavy atom. The van der Waals surface area contributed by atoms with Crippen molar-refractivity contribution in [2.24, 2.45) is 0 Å². The Balaban J connectivity index is 2.10. The van der Waals surface area contributed by atoms with Crippen molar-refractivity contribution in [2.75, 3.05) is 39.3 Å². The molecule has 0 saturated carbocycles. The van der Waals surface area contributed by atoms with E-state index in [9.17, 15) is 13.2 Å². The molecule has 0 aliphatic carbocycles. The van der Waals surface area contributed by atoms with E-state index in [0.29, 0.717) is 17.7 Å². The van der Waals surface area contributed by atoms with Gasteiger partial charge in [0.05, 0.1) is 11.5 Å². The van der Waals surface area contributed by atoms with Crippen molar-refractivity contribution in [1.29, 1.82) is 0 Å². The largest absolute Gasteiger partial charge is 0.383 e. The summed E-state index contributed by atoms with van der Waals surface area (Å²) in [6, 6.07) is 12.4. The zero-order valence-corrected chi connectivity index (χ0v) is 17.5. The van der Waals surface area contributed by atoms with E-state index in [-0.39, 0.29) is 24.0 Å². The van der Waals surface area contributed by atoms with Crippen molar-refractivity contribution in [3.63, 3.8) is 0 Å². The monoisotopic (exact) mass is 405 g/mol. The summed E-state index contributed by atoms with van der Waals surface area (Å²) < 4.78 is 32.0. The molecule has 2 rings (SSSR count). The Labute approximate surface area is 166 Å². The molecule has 0 fully saturated rings. The molecule has 0 heterocycles. The van der Waals surface area contributed by atoms with Crippen LogP contribution in [-0.2, 0) is 21.3 Å². The number of nitrogens with one attached hydrogen (secondary N) is 2. The maximum Gasteiger partial charge on any atom is 0.251 e. The van der Waals surface area contributed by atoms with E-state index in [2.05, 4.69) is 10.0 Å². The van der Waals surface area contributed by atoms with Gasteiger partial charge in [0, 0.05) is 45.5 Å². The molecule has 0 aliphatic rings. The summed E-state index contributed by atoms with van der Waals surface area (Å²) in [7, 11) is 1.72. The van der Waals surface area contributed by atoms with Crippen molar-refractivity contribution in [3.05, 3.63) is 59.2 Å². The minimum atomic E-state index is -3.70. The van der Waals surface area contributed by atoms with Crippen LogP contribution in [0.5, 0.6) is 0 Å². The predicted molar refractivity (Wildman–Crippen MR) is 110 cm³/mol. The Morgan fingerprint density at radius 2 is 1.79 bits per heavy atom. The number of methoxy groups -OCH3 is 1. The molecule has 0 saturated heterocycles. The van der Waals surface area contributed by atoms with Crippen molar-refractivity contribution in [3.8, 4) is 0 Å². The van der Waals surface area contributed by atoms with Gasteiger partial charge in [-0.25, -0.2) is 13.1 Å². The Bertz CT molecular complexity index is 910. The molecule has 2 aromatic carbocycles. The molecule has 2 aromatic rings. The molecular weight excluding hydrogens is 378 g/mol. The normalized spacial score (nSPS) is 11.3. The average molecular weight is 406 g/mol. The second-order valence-corrected chi connectivity index (χ2v) is 8.38. The lowest BCUT2D eigenvalue weighted by molar-refractivity contribution is 0.0950. The van der Waals surface area contributed by atoms with Gasteiger partial charge in [0.1, 0.15) is 0 Å². The smallest absolute Gasteiger partial charge is 0.251 e. The lowest BCUT2D eigenvalue weighted by Crippen LogP contribution is -2.28. The van der Waals surface area contributed by atoms with Crippen molar-refractivity contribution < 1.29 is 17.9 Å². The first kappa shape index (κ1) is 21.9. The lowest BCUT2D eigenvalue weighted by atomic mass is 10.1. The van der Waals surface area contributed by atoms with Gasteiger partial charge in [-0.2, -0.15) is 0 Å². The van der Waals surface area contributed by atoms with Gasteiger partial charge in [-0.3, -0.25) is 4.79 Å². The molecule has 8 heteroatoms. The van der Waals surface area contributed by atoms with Crippen LogP contribution in [0.1, 0.15) is 21.5 Å². The van der Waals surface area contributed by atoms with Crippen LogP contribution in [-0.4, -0.2) is 48.7 Å². The molecule has 28 heavy (non-hydrogen) atoms. The van der Waals surface area contributed by atoms with Crippen molar-refractivity contribution in [1.82, 2.24) is 10.0 Å². The molecule has 0 bridgehead atoms. The Kier molecular flexibility index (Phi) is 7.56. The summed E-state index contributed by atoms with van der Waals surface area (Å²) >= 11 is 0. The number of hydrogen-bond donors (Lipinski definition) is 2. The van der Waals surface area contributed by atoms with E-state index < -0.39 is 10.0 Å². The molecule has 152 valence electrons. The summed E-state index contributed by atoms with van der Waals surface area (Å²) in [6.07, 6.45) is 0. The number of nitrogens with zero attached hydrogens (tertiary/aromatic N) is 1. The Morgan fingerprint density at radius 3 is 2.39 bits per heavy atom. The van der Waals surface area contributed by atoms with Crippen molar-refractivity contribution >= 4 is 21.6 Å². The van der Waals surface area contributed by atoms with Gasteiger partial charge in [0.2, 0.25) is 10.0 Å². The van der Waals surface area contributed by atoms with Crippen LogP contribution >= 0.6 is 0 Å². The number of hydrogen-bond acceptors (Lipinski definition) is 5. The highest BCUT2D eigenvalue weighted by molar-refractivity contribution is 7.89. The third kappa shape index (κ3) is 5.79. The lowest BCUT2D eigenvalue weighted by Gasteiger charge is -2.13. The molecule has 0 spiro atoms. The van der Waals surface area contributed by atoms with Crippen LogP contribution in [0.2, 0.25) is 0 Å². The number of sulfonamides is 1. The van der Waals surface area contributed by atoms with Crippen LogP contribution in [0.3, 0.4) is 0 Å². The van der Waals surface area contributed by atoms with Crippen LogP contribution in [0.15, 0.2) is 47.4 Å². The number of carbonyl (C=O) groups excluding carboxylic acids is 1. The van der Waals surface area contributed by atoms with Crippen LogP contribution < -0.4 is 14.9 Å². The van der Waals surface area contributed by atoms with E-state index in [1.165, 1.54) is 19.2 Å². The highest BCUT2D eigenvalue weighted by Crippen LogP contribution is 2.16. The minimum absolute atomic E-state index is 0.0506. The minimum Gasteiger partial charge on any atom is -0.383 e. The van der Waals surface area contributed by atoms with E-state index in [4.69, 9.17) is 4.74 Å². The average Bonchev–Trinajstić information content (AvgIpc) is 2.66. The van der Waals surface area contributed by atoms with Gasteiger partial charge in [0.25, 0.3) is 5.91 Å². The number of benzene rings is 2. The zero-order valence-electron chi connectivity index (χ0n) is 16.7. The third-order valence-corrected chi connectivity index (χ3v) is 5.73. The third-order valence-electron chi connectivity index (χ3n) is 4.27. The van der Waals surface area contributed by atoms with E-state index in [1.807, 2.05) is 43.3 Å². The maximum absolute atomic E-state index is 12.6. The van der Waals surface area contributed by atoms with Gasteiger partial charge in [0.15, 0.2) is 0 Å². The summed E-state index contributed by atoms with van der Waals surface area (Å²) in [4.78, 5) is 14.6. The maximum atomic E-state index is 12.6.